The van der Waals surface area contributed by atoms with E-state index in [1.165, 1.54) is 23.0 Å². The summed E-state index contributed by atoms with van der Waals surface area (Å²) in [4.78, 5) is 0. The van der Waals surface area contributed by atoms with Crippen LogP contribution in [0, 0.1) is 6.92 Å². The Bertz CT molecular complexity index is 868. The predicted octanol–water partition coefficient (Wildman–Crippen LogP) is 0.376. The summed E-state index contributed by atoms with van der Waals surface area (Å²) in [5.41, 5.74) is 1.30. The van der Waals surface area contributed by atoms with Crippen molar-refractivity contribution in [2.75, 3.05) is 0 Å². The van der Waals surface area contributed by atoms with Gasteiger partial charge in [-0.2, -0.15) is 0 Å². The van der Waals surface area contributed by atoms with Crippen LogP contribution < -0.4 is 34.4 Å². The molecule has 4 rings (SSSR count). The van der Waals surface area contributed by atoms with Crippen molar-refractivity contribution in [1.82, 2.24) is 0 Å². The molecule has 2 heteroatoms. The molecule has 0 aliphatic heterocycles. The van der Waals surface area contributed by atoms with Gasteiger partial charge in [0.1, 0.15) is 0 Å². The molecule has 0 fully saturated rings. The Kier molecular flexibility index (Phi) is 6.37. The number of hydrogen-bond donors (Lipinski definition) is 0. The van der Waals surface area contributed by atoms with Crippen LogP contribution in [-0.4, -0.2) is 13.6 Å². The quantitative estimate of drug-likeness (QED) is 0.373. The first-order valence-electron chi connectivity index (χ1n) is 8.95. The minimum absolute atomic E-state index is 0. The second-order valence-corrected chi connectivity index (χ2v) is 13.7. The number of aryl methyl sites for hydroxylation is 1. The van der Waals surface area contributed by atoms with Crippen LogP contribution in [0.25, 0.3) is 0 Å². The van der Waals surface area contributed by atoms with E-state index in [9.17, 15) is 0 Å². The van der Waals surface area contributed by atoms with Gasteiger partial charge in [0.05, 0.1) is 0 Å². The zero-order valence-electron chi connectivity index (χ0n) is 15.3. The molecular weight excluding hydrogens is 455 g/mol. The van der Waals surface area contributed by atoms with Crippen LogP contribution in [0.2, 0.25) is 0 Å². The molecule has 134 valence electrons. The van der Waals surface area contributed by atoms with Gasteiger partial charge in [0, 0.05) is 0 Å². The maximum absolute atomic E-state index is 2.79. The van der Waals surface area contributed by atoms with Crippen LogP contribution in [0.1, 0.15) is 5.56 Å². The van der Waals surface area contributed by atoms with Crippen molar-refractivity contribution in [2.24, 2.45) is 0 Å². The van der Waals surface area contributed by atoms with Crippen LogP contribution >= 0.6 is 0 Å². The summed E-state index contributed by atoms with van der Waals surface area (Å²) in [6.45, 7) is 2.16. The van der Waals surface area contributed by atoms with Crippen LogP contribution in [0.3, 0.4) is 0 Å². The minimum atomic E-state index is -2.79. The van der Waals surface area contributed by atoms with Crippen molar-refractivity contribution < 1.29 is 17.0 Å². The fourth-order valence-corrected chi connectivity index (χ4v) is 12.5. The molecule has 0 amide bonds. The number of benzene rings is 4. The summed E-state index contributed by atoms with van der Waals surface area (Å²) in [6.07, 6.45) is 0. The molecule has 0 radical (unpaired) electrons. The van der Waals surface area contributed by atoms with Crippen LogP contribution in [0.4, 0.5) is 0 Å². The summed E-state index contributed by atoms with van der Waals surface area (Å²) < 4.78 is 5.81. The van der Waals surface area contributed by atoms with E-state index >= 15 is 0 Å². The average molecular weight is 477 g/mol. The summed E-state index contributed by atoms with van der Waals surface area (Å²) in [5.74, 6) is 0. The Morgan fingerprint density at radius 3 is 1.04 bits per heavy atom. The Balaban J connectivity index is 0.00000210. The molecule has 0 spiro atoms. The molecule has 4 aromatic rings. The van der Waals surface area contributed by atoms with E-state index in [4.69, 9.17) is 0 Å². The van der Waals surface area contributed by atoms with E-state index in [1.54, 1.807) is 0 Å². The third-order valence-electron chi connectivity index (χ3n) is 4.85. The second kappa shape index (κ2) is 8.74. The maximum Gasteiger partial charge on any atom is -1.00 e. The SMILES string of the molecule is Cc1ccc([As+](c2ccccc2)(c2ccccc2)c2ccccc2)cc1.[Br-]. The fourth-order valence-electron chi connectivity index (χ4n) is 3.62. The first-order valence-corrected chi connectivity index (χ1v) is 12.7. The fraction of sp³-hybridized carbons (Fsp3) is 0.0400. The van der Waals surface area contributed by atoms with Gasteiger partial charge in [-0.25, -0.2) is 0 Å². The van der Waals surface area contributed by atoms with E-state index in [0.29, 0.717) is 0 Å². The first kappa shape index (κ1) is 19.7. The molecule has 0 unspecified atom stereocenters. The Hall–Kier alpha value is -2.08. The first-order chi connectivity index (χ1) is 12.8. The molecule has 27 heavy (non-hydrogen) atoms. The molecule has 0 saturated carbocycles. The third-order valence-corrected chi connectivity index (χ3v) is 13.9. The summed E-state index contributed by atoms with van der Waals surface area (Å²) in [6, 6.07) is 42.4. The largest absolute Gasteiger partial charge is 1.00 e. The molecule has 0 aliphatic carbocycles. The van der Waals surface area contributed by atoms with Gasteiger partial charge in [-0.1, -0.05) is 0 Å². The Morgan fingerprint density at radius 2 is 0.704 bits per heavy atom. The van der Waals surface area contributed by atoms with Gasteiger partial charge in [0.2, 0.25) is 0 Å². The van der Waals surface area contributed by atoms with E-state index in [1.807, 2.05) is 0 Å². The molecule has 0 atom stereocenters. The molecule has 0 bridgehead atoms. The van der Waals surface area contributed by atoms with Gasteiger partial charge in [-0.3, -0.25) is 0 Å². The van der Waals surface area contributed by atoms with Gasteiger partial charge >= 0.3 is 159 Å². The van der Waals surface area contributed by atoms with Gasteiger partial charge in [-0.15, -0.1) is 0 Å². The van der Waals surface area contributed by atoms with Crippen molar-refractivity contribution in [3.63, 3.8) is 0 Å². The topological polar surface area (TPSA) is 0 Å². The molecule has 0 heterocycles. The summed E-state index contributed by atoms with van der Waals surface area (Å²) in [7, 11) is 0. The molecule has 0 N–H and O–H groups in total. The van der Waals surface area contributed by atoms with Gasteiger partial charge in [0.25, 0.3) is 0 Å². The molecule has 0 saturated heterocycles. The van der Waals surface area contributed by atoms with E-state index < -0.39 is 13.6 Å². The van der Waals surface area contributed by atoms with Crippen molar-refractivity contribution in [2.45, 2.75) is 6.92 Å². The number of halogens is 1. The molecule has 0 nitrogen and oxygen atoms in total. The smallest absolute Gasteiger partial charge is 1.00 e. The van der Waals surface area contributed by atoms with Crippen molar-refractivity contribution in [1.29, 1.82) is 0 Å². The summed E-state index contributed by atoms with van der Waals surface area (Å²) >= 11 is -2.79. The van der Waals surface area contributed by atoms with E-state index in [0.717, 1.165) is 0 Å². The Labute approximate surface area is 175 Å². The number of rotatable bonds is 4. The molecule has 0 aliphatic rings. The molecular formula is C25H22AsBr. The minimum Gasteiger partial charge on any atom is -1.00 e. The van der Waals surface area contributed by atoms with Gasteiger partial charge < -0.3 is 17.0 Å². The van der Waals surface area contributed by atoms with Crippen LogP contribution in [-0.2, 0) is 0 Å². The molecule has 4 aromatic carbocycles. The van der Waals surface area contributed by atoms with Crippen LogP contribution in [0.15, 0.2) is 115 Å². The zero-order valence-corrected chi connectivity index (χ0v) is 18.8. The standard InChI is InChI=1S/C25H22As.BrH/c1-21-17-19-25(20-18-21)26(22-11-5-2-6-12-22,23-13-7-3-8-14-23)24-15-9-4-10-16-24;/h2-20H,1H3;1H/q+1;/p-1. The molecule has 0 aromatic heterocycles. The third kappa shape index (κ3) is 3.67. The van der Waals surface area contributed by atoms with Gasteiger partial charge in [-0.05, 0) is 0 Å². The van der Waals surface area contributed by atoms with Gasteiger partial charge in [0.15, 0.2) is 0 Å². The van der Waals surface area contributed by atoms with E-state index in [2.05, 4.69) is 122 Å². The van der Waals surface area contributed by atoms with Crippen molar-refractivity contribution in [3.8, 4) is 0 Å². The van der Waals surface area contributed by atoms with Crippen LogP contribution in [0.5, 0.6) is 0 Å². The average Bonchev–Trinajstić information content (AvgIpc) is 2.72. The monoisotopic (exact) mass is 476 g/mol. The second-order valence-electron chi connectivity index (χ2n) is 6.51. The zero-order chi connectivity index (χ0) is 17.8. The summed E-state index contributed by atoms with van der Waals surface area (Å²) in [5, 5.41) is 0. The number of hydrogen-bond acceptors (Lipinski definition) is 0. The Morgan fingerprint density at radius 1 is 0.407 bits per heavy atom. The van der Waals surface area contributed by atoms with Crippen molar-refractivity contribution in [3.05, 3.63) is 121 Å². The predicted molar refractivity (Wildman–Crippen MR) is 115 cm³/mol. The normalized spacial score (nSPS) is 10.9. The maximum atomic E-state index is 2.34. The van der Waals surface area contributed by atoms with E-state index in [-0.39, 0.29) is 17.0 Å². The van der Waals surface area contributed by atoms with Crippen molar-refractivity contribution >= 4 is 31.0 Å².